The Hall–Kier alpha value is -0.0900. The zero-order valence-electron chi connectivity index (χ0n) is 12.4. The van der Waals surface area contributed by atoms with E-state index in [1.807, 2.05) is 0 Å². The topological polar surface area (TPSA) is 43.1 Å². The van der Waals surface area contributed by atoms with Crippen LogP contribution in [0.1, 0.15) is 39.0 Å². The molecule has 0 saturated heterocycles. The fourth-order valence-corrected chi connectivity index (χ4v) is 5.73. The molecular formula is C16H23Cl2NOS. The summed E-state index contributed by atoms with van der Waals surface area (Å²) < 4.78 is 13.0. The van der Waals surface area contributed by atoms with Gasteiger partial charge in [0.25, 0.3) is 0 Å². The highest BCUT2D eigenvalue weighted by molar-refractivity contribution is 7.85. The zero-order chi connectivity index (χ0) is 15.4. The zero-order valence-corrected chi connectivity index (χ0v) is 14.7. The van der Waals surface area contributed by atoms with Gasteiger partial charge in [-0.05, 0) is 49.4 Å². The molecule has 118 valence electrons. The number of nitrogens with two attached hydrogens (primary N) is 1. The van der Waals surface area contributed by atoms with Crippen molar-refractivity contribution in [1.82, 2.24) is 0 Å². The molecule has 0 heterocycles. The first kappa shape index (κ1) is 17.3. The summed E-state index contributed by atoms with van der Waals surface area (Å²) in [5.41, 5.74) is 5.90. The van der Waals surface area contributed by atoms with Crippen molar-refractivity contribution < 1.29 is 4.21 Å². The SMILES string of the molecule is CCCC1CCC(CN)C(S(=O)c2cc(Cl)ccc2Cl)C1. The van der Waals surface area contributed by atoms with Gasteiger partial charge in [-0.3, -0.25) is 4.21 Å². The Labute approximate surface area is 139 Å². The van der Waals surface area contributed by atoms with E-state index in [-0.39, 0.29) is 5.25 Å². The van der Waals surface area contributed by atoms with Crippen LogP contribution in [-0.2, 0) is 10.8 Å². The van der Waals surface area contributed by atoms with Gasteiger partial charge in [-0.25, -0.2) is 0 Å². The highest BCUT2D eigenvalue weighted by Gasteiger charge is 2.34. The molecule has 1 aliphatic rings. The average Bonchev–Trinajstić information content (AvgIpc) is 2.49. The Balaban J connectivity index is 2.23. The summed E-state index contributed by atoms with van der Waals surface area (Å²) in [5, 5.41) is 1.20. The molecule has 0 aliphatic heterocycles. The monoisotopic (exact) mass is 347 g/mol. The van der Waals surface area contributed by atoms with Crippen LogP contribution in [0.5, 0.6) is 0 Å². The van der Waals surface area contributed by atoms with E-state index in [9.17, 15) is 4.21 Å². The van der Waals surface area contributed by atoms with Crippen LogP contribution in [0.4, 0.5) is 0 Å². The maximum atomic E-state index is 13.0. The predicted octanol–water partition coefficient (Wildman–Crippen LogP) is 4.64. The van der Waals surface area contributed by atoms with Crippen LogP contribution in [-0.4, -0.2) is 16.0 Å². The van der Waals surface area contributed by atoms with E-state index in [2.05, 4.69) is 6.92 Å². The number of hydrogen-bond donors (Lipinski definition) is 1. The van der Waals surface area contributed by atoms with Crippen molar-refractivity contribution in [3.63, 3.8) is 0 Å². The Morgan fingerprint density at radius 2 is 2.10 bits per heavy atom. The van der Waals surface area contributed by atoms with Gasteiger partial charge in [-0.15, -0.1) is 0 Å². The minimum Gasteiger partial charge on any atom is -0.330 e. The molecule has 1 saturated carbocycles. The normalized spacial score (nSPS) is 27.5. The number of halogens is 2. The smallest absolute Gasteiger partial charge is 0.0592 e. The minimum atomic E-state index is -1.14. The second-order valence-electron chi connectivity index (χ2n) is 5.87. The summed E-state index contributed by atoms with van der Waals surface area (Å²) in [6, 6.07) is 5.18. The Morgan fingerprint density at radius 3 is 2.76 bits per heavy atom. The molecule has 1 fully saturated rings. The third kappa shape index (κ3) is 4.22. The van der Waals surface area contributed by atoms with Crippen LogP contribution in [0.2, 0.25) is 10.0 Å². The van der Waals surface area contributed by atoms with Gasteiger partial charge in [0.05, 0.1) is 20.7 Å². The molecule has 0 aromatic heterocycles. The second kappa shape index (κ2) is 7.96. The molecule has 0 radical (unpaired) electrons. The molecule has 4 unspecified atom stereocenters. The minimum absolute atomic E-state index is 0.0938. The molecule has 0 spiro atoms. The van der Waals surface area contributed by atoms with E-state index in [1.165, 1.54) is 19.3 Å². The van der Waals surface area contributed by atoms with Crippen LogP contribution in [0.15, 0.2) is 23.1 Å². The van der Waals surface area contributed by atoms with E-state index in [0.717, 1.165) is 12.8 Å². The first-order chi connectivity index (χ1) is 10.1. The maximum Gasteiger partial charge on any atom is 0.0592 e. The molecule has 1 aromatic rings. The van der Waals surface area contributed by atoms with E-state index in [1.54, 1.807) is 18.2 Å². The molecule has 21 heavy (non-hydrogen) atoms. The van der Waals surface area contributed by atoms with E-state index in [0.29, 0.717) is 33.3 Å². The van der Waals surface area contributed by atoms with Crippen molar-refractivity contribution in [2.75, 3.05) is 6.54 Å². The molecule has 2 nitrogen and oxygen atoms in total. The lowest BCUT2D eigenvalue weighted by molar-refractivity contribution is 0.272. The summed E-state index contributed by atoms with van der Waals surface area (Å²) in [6.45, 7) is 2.79. The largest absolute Gasteiger partial charge is 0.330 e. The Morgan fingerprint density at radius 1 is 1.33 bits per heavy atom. The van der Waals surface area contributed by atoms with Crippen molar-refractivity contribution in [2.45, 2.75) is 49.2 Å². The van der Waals surface area contributed by atoms with Crippen molar-refractivity contribution in [3.05, 3.63) is 28.2 Å². The summed E-state index contributed by atoms with van der Waals surface area (Å²) in [6.07, 6.45) is 5.62. The standard InChI is InChI=1S/C16H23Cl2NOS/c1-2-3-11-4-5-12(10-19)15(8-11)21(20)16-9-13(17)6-7-14(16)18/h6-7,9,11-12,15H,2-5,8,10,19H2,1H3. The first-order valence-electron chi connectivity index (χ1n) is 7.62. The highest BCUT2D eigenvalue weighted by atomic mass is 35.5. The second-order valence-corrected chi connectivity index (χ2v) is 8.36. The van der Waals surface area contributed by atoms with Crippen LogP contribution in [0.3, 0.4) is 0 Å². The van der Waals surface area contributed by atoms with Crippen LogP contribution in [0.25, 0.3) is 0 Å². The van der Waals surface area contributed by atoms with E-state index in [4.69, 9.17) is 28.9 Å². The fraction of sp³-hybridized carbons (Fsp3) is 0.625. The molecule has 4 atom stereocenters. The molecular weight excluding hydrogens is 325 g/mol. The summed E-state index contributed by atoms with van der Waals surface area (Å²) in [7, 11) is -1.14. The highest BCUT2D eigenvalue weighted by Crippen LogP contribution is 2.37. The summed E-state index contributed by atoms with van der Waals surface area (Å²) in [4.78, 5) is 0.657. The molecule has 2 N–H and O–H groups in total. The average molecular weight is 348 g/mol. The van der Waals surface area contributed by atoms with Gasteiger partial charge in [-0.2, -0.15) is 0 Å². The van der Waals surface area contributed by atoms with E-state index < -0.39 is 10.8 Å². The fourth-order valence-electron chi connectivity index (χ4n) is 3.27. The van der Waals surface area contributed by atoms with Crippen LogP contribution < -0.4 is 5.73 Å². The lowest BCUT2D eigenvalue weighted by atomic mass is 9.80. The molecule has 5 heteroatoms. The quantitative estimate of drug-likeness (QED) is 0.842. The van der Waals surface area contributed by atoms with Crippen molar-refractivity contribution in [3.8, 4) is 0 Å². The van der Waals surface area contributed by atoms with E-state index >= 15 is 0 Å². The van der Waals surface area contributed by atoms with Crippen molar-refractivity contribution >= 4 is 34.0 Å². The predicted molar refractivity (Wildman–Crippen MR) is 91.5 cm³/mol. The van der Waals surface area contributed by atoms with Gasteiger partial charge in [-0.1, -0.05) is 49.4 Å². The van der Waals surface area contributed by atoms with Gasteiger partial charge in [0.1, 0.15) is 0 Å². The van der Waals surface area contributed by atoms with Crippen molar-refractivity contribution in [2.24, 2.45) is 17.6 Å². The number of benzene rings is 1. The van der Waals surface area contributed by atoms with Crippen molar-refractivity contribution in [1.29, 1.82) is 0 Å². The number of rotatable bonds is 5. The first-order valence-corrected chi connectivity index (χ1v) is 9.59. The molecule has 2 rings (SSSR count). The molecule has 1 aliphatic carbocycles. The van der Waals surface area contributed by atoms with Gasteiger partial charge in [0.15, 0.2) is 0 Å². The lowest BCUT2D eigenvalue weighted by Crippen LogP contribution is -2.37. The van der Waals surface area contributed by atoms with Gasteiger partial charge < -0.3 is 5.73 Å². The maximum absolute atomic E-state index is 13.0. The Kier molecular flexibility index (Phi) is 6.54. The summed E-state index contributed by atoms with van der Waals surface area (Å²) in [5.74, 6) is 0.971. The van der Waals surface area contributed by atoms with Crippen LogP contribution in [0, 0.1) is 11.8 Å². The van der Waals surface area contributed by atoms with Gasteiger partial charge in [0.2, 0.25) is 0 Å². The lowest BCUT2D eigenvalue weighted by Gasteiger charge is -2.35. The molecule has 0 bridgehead atoms. The van der Waals surface area contributed by atoms with Gasteiger partial charge in [0, 0.05) is 10.3 Å². The number of hydrogen-bond acceptors (Lipinski definition) is 2. The van der Waals surface area contributed by atoms with Gasteiger partial charge >= 0.3 is 0 Å². The molecule has 0 amide bonds. The Bertz CT molecular complexity index is 509. The third-order valence-electron chi connectivity index (χ3n) is 4.42. The van der Waals surface area contributed by atoms with Crippen LogP contribution >= 0.6 is 23.2 Å². The summed E-state index contributed by atoms with van der Waals surface area (Å²) >= 11 is 12.2. The third-order valence-corrected chi connectivity index (χ3v) is 7.00. The molecule has 1 aromatic carbocycles.